The lowest BCUT2D eigenvalue weighted by molar-refractivity contribution is -0.144. The molecule has 0 aromatic heterocycles. The number of hydrogen-bond donors (Lipinski definition) is 8. The van der Waals surface area contributed by atoms with Crippen LogP contribution in [0.1, 0.15) is 0 Å². The Morgan fingerprint density at radius 3 is 2.40 bits per heavy atom. The van der Waals surface area contributed by atoms with Crippen LogP contribution in [-0.2, 0) is 9.53 Å². The molecule has 13 heteroatoms. The number of carboxylic acids is 1. The largest absolute Gasteiger partial charge is 0.478 e. The quantitative estimate of drug-likeness (QED) is 0.179. The van der Waals surface area contributed by atoms with Gasteiger partial charge in [-0.3, -0.25) is 0 Å². The number of guanidine groups is 1. The van der Waals surface area contributed by atoms with Crippen LogP contribution >= 0.6 is 0 Å². The topological polar surface area (TPSA) is 213 Å². The molecule has 0 unspecified atom stereocenters. The van der Waals surface area contributed by atoms with E-state index < -0.39 is 66.5 Å². The fourth-order valence-corrected chi connectivity index (χ4v) is 2.75. The van der Waals surface area contributed by atoms with Gasteiger partial charge in [-0.25, -0.2) is 19.0 Å². The van der Waals surface area contributed by atoms with Crippen molar-refractivity contribution in [2.24, 2.45) is 16.5 Å². The van der Waals surface area contributed by atoms with Crippen molar-refractivity contribution < 1.29 is 39.1 Å². The summed E-state index contributed by atoms with van der Waals surface area (Å²) in [5.74, 6) is -3.08. The standard InChI is InChI=1S/C17H22FN5O7/c18-7-1-3-8(4-2-7)21-17(29)23-12-9(22-16(19)20)5-11(15(27)28)30-14(12)13(26)10(25)6-24/h1-5,9-10,12-14,24-26H,6H2,(H,27,28)(H4,19,20,22)(H2,21,23,29)/t9-,10+,12+,13+,14+/m0/s1. The van der Waals surface area contributed by atoms with Crippen molar-refractivity contribution in [1.29, 1.82) is 0 Å². The van der Waals surface area contributed by atoms with Crippen LogP contribution in [0.15, 0.2) is 41.1 Å². The minimum Gasteiger partial charge on any atom is -0.478 e. The number of nitrogens with zero attached hydrogens (tertiary/aromatic N) is 1. The number of anilines is 1. The number of benzene rings is 1. The van der Waals surface area contributed by atoms with E-state index in [1.807, 2.05) is 0 Å². The van der Waals surface area contributed by atoms with Gasteiger partial charge < -0.3 is 47.3 Å². The Balaban J connectivity index is 2.34. The molecule has 5 atom stereocenters. The second-order valence-electron chi connectivity index (χ2n) is 6.33. The first kappa shape index (κ1) is 22.9. The number of carbonyl (C=O) groups is 2. The van der Waals surface area contributed by atoms with Gasteiger partial charge in [0.2, 0.25) is 5.76 Å². The van der Waals surface area contributed by atoms with Gasteiger partial charge in [-0.15, -0.1) is 0 Å². The molecule has 2 rings (SSSR count). The fourth-order valence-electron chi connectivity index (χ4n) is 2.75. The molecule has 1 aromatic carbocycles. The maximum absolute atomic E-state index is 13.0. The van der Waals surface area contributed by atoms with Crippen LogP contribution in [0.3, 0.4) is 0 Å². The van der Waals surface area contributed by atoms with Gasteiger partial charge in [0.1, 0.15) is 18.0 Å². The normalized spacial score (nSPS) is 22.7. The van der Waals surface area contributed by atoms with Crippen molar-refractivity contribution in [1.82, 2.24) is 5.32 Å². The molecule has 0 saturated carbocycles. The van der Waals surface area contributed by atoms with Crippen molar-refractivity contribution in [3.63, 3.8) is 0 Å². The van der Waals surface area contributed by atoms with E-state index in [1.54, 1.807) is 0 Å². The SMILES string of the molecule is NC(N)=N[C@H]1C=C(C(=O)O)O[C@@H]([C@H](O)[C@H](O)CO)[C@@H]1NC(=O)Nc1ccc(F)cc1. The lowest BCUT2D eigenvalue weighted by Gasteiger charge is -2.38. The molecule has 0 aliphatic carbocycles. The Morgan fingerprint density at radius 2 is 1.87 bits per heavy atom. The van der Waals surface area contributed by atoms with E-state index in [9.17, 15) is 29.3 Å². The average molecular weight is 427 g/mol. The number of amides is 2. The lowest BCUT2D eigenvalue weighted by Crippen LogP contribution is -2.60. The zero-order valence-electron chi connectivity index (χ0n) is 15.5. The highest BCUT2D eigenvalue weighted by atomic mass is 19.1. The minimum atomic E-state index is -1.81. The number of aliphatic hydroxyl groups is 3. The monoisotopic (exact) mass is 427 g/mol. The van der Waals surface area contributed by atoms with Crippen LogP contribution in [0.25, 0.3) is 0 Å². The summed E-state index contributed by atoms with van der Waals surface area (Å²) < 4.78 is 18.2. The van der Waals surface area contributed by atoms with E-state index in [0.29, 0.717) is 0 Å². The molecule has 0 fully saturated rings. The number of rotatable bonds is 7. The summed E-state index contributed by atoms with van der Waals surface area (Å²) in [4.78, 5) is 27.6. The summed E-state index contributed by atoms with van der Waals surface area (Å²) in [5.41, 5.74) is 11.0. The highest BCUT2D eigenvalue weighted by molar-refractivity contribution is 5.90. The van der Waals surface area contributed by atoms with Crippen LogP contribution < -0.4 is 22.1 Å². The molecule has 0 bridgehead atoms. The van der Waals surface area contributed by atoms with E-state index in [2.05, 4.69) is 15.6 Å². The molecule has 30 heavy (non-hydrogen) atoms. The van der Waals surface area contributed by atoms with Crippen LogP contribution in [0.2, 0.25) is 0 Å². The number of urea groups is 1. The van der Waals surface area contributed by atoms with E-state index in [0.717, 1.165) is 18.2 Å². The number of aliphatic imine (C=N–C) groups is 1. The van der Waals surface area contributed by atoms with Gasteiger partial charge >= 0.3 is 12.0 Å². The van der Waals surface area contributed by atoms with E-state index in [1.165, 1.54) is 12.1 Å². The summed E-state index contributed by atoms with van der Waals surface area (Å²) in [5, 5.41) is 43.3. The first-order chi connectivity index (χ1) is 14.1. The average Bonchev–Trinajstić information content (AvgIpc) is 2.69. The van der Waals surface area contributed by atoms with Crippen LogP contribution in [-0.4, -0.2) is 75.4 Å². The van der Waals surface area contributed by atoms with E-state index in [4.69, 9.17) is 21.3 Å². The van der Waals surface area contributed by atoms with Crippen molar-refractivity contribution in [2.75, 3.05) is 11.9 Å². The maximum Gasteiger partial charge on any atom is 0.370 e. The third-order valence-corrected chi connectivity index (χ3v) is 4.13. The second kappa shape index (κ2) is 9.87. The first-order valence-electron chi connectivity index (χ1n) is 8.63. The summed E-state index contributed by atoms with van der Waals surface area (Å²) in [7, 11) is 0. The lowest BCUT2D eigenvalue weighted by atomic mass is 9.92. The van der Waals surface area contributed by atoms with Crippen molar-refractivity contribution in [2.45, 2.75) is 30.4 Å². The molecular formula is C17H22FN5O7. The molecule has 0 radical (unpaired) electrons. The molecule has 1 aliphatic heterocycles. The molecule has 1 aliphatic rings. The zero-order chi connectivity index (χ0) is 22.4. The predicted octanol–water partition coefficient (Wildman–Crippen LogP) is -1.96. The number of hydrogen-bond acceptors (Lipinski definition) is 7. The third-order valence-electron chi connectivity index (χ3n) is 4.13. The number of aliphatic carboxylic acids is 1. The molecule has 1 heterocycles. The number of aliphatic hydroxyl groups excluding tert-OH is 3. The Morgan fingerprint density at radius 1 is 1.23 bits per heavy atom. The second-order valence-corrected chi connectivity index (χ2v) is 6.33. The Bertz CT molecular complexity index is 828. The van der Waals surface area contributed by atoms with Gasteiger partial charge in [0, 0.05) is 5.69 Å². The Kier molecular flexibility index (Phi) is 7.52. The highest BCUT2D eigenvalue weighted by Gasteiger charge is 2.44. The molecule has 1 aromatic rings. The van der Waals surface area contributed by atoms with Gasteiger partial charge in [-0.1, -0.05) is 0 Å². The summed E-state index contributed by atoms with van der Waals surface area (Å²) in [6.45, 7) is -0.866. The maximum atomic E-state index is 13.0. The number of nitrogens with two attached hydrogens (primary N) is 2. The fraction of sp³-hybridized carbons (Fsp3) is 0.353. The van der Waals surface area contributed by atoms with Gasteiger partial charge in [0.05, 0.1) is 18.7 Å². The van der Waals surface area contributed by atoms with Gasteiger partial charge in [0.15, 0.2) is 12.1 Å². The molecule has 0 saturated heterocycles. The summed E-state index contributed by atoms with van der Waals surface area (Å²) >= 11 is 0. The molecule has 0 spiro atoms. The number of carbonyl (C=O) groups excluding carboxylic acids is 1. The predicted molar refractivity (Wildman–Crippen MR) is 102 cm³/mol. The molecule has 10 N–H and O–H groups in total. The smallest absolute Gasteiger partial charge is 0.370 e. The van der Waals surface area contributed by atoms with E-state index >= 15 is 0 Å². The van der Waals surface area contributed by atoms with Crippen LogP contribution in [0, 0.1) is 5.82 Å². The zero-order valence-corrected chi connectivity index (χ0v) is 15.5. The molecular weight excluding hydrogens is 405 g/mol. The van der Waals surface area contributed by atoms with Crippen LogP contribution in [0.5, 0.6) is 0 Å². The Hall–Kier alpha value is -3.42. The Labute approximate surface area is 169 Å². The van der Waals surface area contributed by atoms with E-state index in [-0.39, 0.29) is 5.69 Å². The highest BCUT2D eigenvalue weighted by Crippen LogP contribution is 2.25. The number of nitrogens with one attached hydrogen (secondary N) is 2. The van der Waals surface area contributed by atoms with Crippen molar-refractivity contribution >= 4 is 23.6 Å². The number of ether oxygens (including phenoxy) is 1. The summed E-state index contributed by atoms with van der Waals surface area (Å²) in [6, 6.07) is 1.54. The van der Waals surface area contributed by atoms with Crippen LogP contribution in [0.4, 0.5) is 14.9 Å². The summed E-state index contributed by atoms with van der Waals surface area (Å²) in [6.07, 6.45) is -4.06. The minimum absolute atomic E-state index is 0.235. The van der Waals surface area contributed by atoms with Gasteiger partial charge in [0.25, 0.3) is 0 Å². The van der Waals surface area contributed by atoms with Gasteiger partial charge in [-0.05, 0) is 30.3 Å². The number of carboxylic acid groups (broad SMARTS) is 1. The molecule has 2 amide bonds. The third kappa shape index (κ3) is 5.79. The first-order valence-corrected chi connectivity index (χ1v) is 8.63. The van der Waals surface area contributed by atoms with Gasteiger partial charge in [-0.2, -0.15) is 0 Å². The van der Waals surface area contributed by atoms with Crippen molar-refractivity contribution in [3.8, 4) is 0 Å². The molecule has 164 valence electrons. The molecule has 12 nitrogen and oxygen atoms in total. The van der Waals surface area contributed by atoms with Crippen molar-refractivity contribution in [3.05, 3.63) is 41.9 Å². The number of halogens is 1.